The third kappa shape index (κ3) is 8.47. The Morgan fingerprint density at radius 3 is 1.15 bits per heavy atom. The molecule has 0 aliphatic carbocycles. The van der Waals surface area contributed by atoms with Gasteiger partial charge in [0.2, 0.25) is 0 Å². The normalized spacial score (nSPS) is 11.1. The summed E-state index contributed by atoms with van der Waals surface area (Å²) in [6, 6.07) is 47.4. The van der Waals surface area contributed by atoms with E-state index >= 15 is 0 Å². The monoisotopic (exact) mass is 633 g/mol. The van der Waals surface area contributed by atoms with Crippen LogP contribution in [0.5, 0.6) is 5.75 Å². The molecule has 6 rings (SSSR count). The van der Waals surface area contributed by atoms with Crippen LogP contribution in [0.1, 0.15) is 37.5 Å². The van der Waals surface area contributed by atoms with Crippen molar-refractivity contribution in [2.24, 2.45) is 0 Å². The lowest BCUT2D eigenvalue weighted by atomic mass is 9.84. The zero-order valence-corrected chi connectivity index (χ0v) is 27.9. The highest BCUT2D eigenvalue weighted by atomic mass is 16.3. The van der Waals surface area contributed by atoms with E-state index in [1.165, 1.54) is 0 Å². The van der Waals surface area contributed by atoms with Gasteiger partial charge in [0.25, 0.3) is 0 Å². The Morgan fingerprint density at radius 1 is 0.458 bits per heavy atom. The lowest BCUT2D eigenvalue weighted by Crippen LogP contribution is -2.13. The van der Waals surface area contributed by atoms with Crippen molar-refractivity contribution in [3.63, 3.8) is 0 Å². The molecular formula is C42H43N5O. The van der Waals surface area contributed by atoms with Gasteiger partial charge in [-0.15, -0.1) is 0 Å². The van der Waals surface area contributed by atoms with Crippen molar-refractivity contribution in [2.45, 2.75) is 39.7 Å². The summed E-state index contributed by atoms with van der Waals surface area (Å²) >= 11 is 0. The van der Waals surface area contributed by atoms with Crippen molar-refractivity contribution >= 4 is 51.2 Å². The molecule has 242 valence electrons. The molecule has 6 N–H and O–H groups in total. The molecule has 6 nitrogen and oxygen atoms in total. The smallest absolute Gasteiger partial charge is 0.122 e. The van der Waals surface area contributed by atoms with E-state index in [1.54, 1.807) is 0 Å². The third-order valence-corrected chi connectivity index (χ3v) is 8.13. The standard InChI is InChI=1S/C42H43N5O/c1-29-26-30(27-40(41(29)48)42(2,3)4)28-43-31-10-12-33(13-11-31)45-35-18-20-37(21-19-35)47-39-24-22-38(23-25-39)46-36-16-14-34(15-17-36)44-32-8-6-5-7-9-32/h5-27,43-48H,28H2,1-4H3. The number of phenols is 1. The van der Waals surface area contributed by atoms with Gasteiger partial charge in [0.05, 0.1) is 0 Å². The highest BCUT2D eigenvalue weighted by Crippen LogP contribution is 2.34. The van der Waals surface area contributed by atoms with Crippen LogP contribution in [0.3, 0.4) is 0 Å². The van der Waals surface area contributed by atoms with E-state index in [0.717, 1.165) is 67.9 Å². The Balaban J connectivity index is 0.979. The first-order chi connectivity index (χ1) is 23.2. The zero-order valence-electron chi connectivity index (χ0n) is 27.9. The molecule has 0 unspecified atom stereocenters. The van der Waals surface area contributed by atoms with Crippen molar-refractivity contribution in [2.75, 3.05) is 26.6 Å². The molecule has 0 aromatic heterocycles. The van der Waals surface area contributed by atoms with E-state index in [9.17, 15) is 5.11 Å². The fourth-order valence-corrected chi connectivity index (χ4v) is 5.50. The Hall–Kier alpha value is -5.88. The Labute approximate surface area is 283 Å². The summed E-state index contributed by atoms with van der Waals surface area (Å²) < 4.78 is 0. The first-order valence-electron chi connectivity index (χ1n) is 16.3. The highest BCUT2D eigenvalue weighted by Gasteiger charge is 2.20. The first-order valence-corrected chi connectivity index (χ1v) is 16.3. The molecule has 0 heterocycles. The molecule has 0 bridgehead atoms. The summed E-state index contributed by atoms with van der Waals surface area (Å²) in [5.41, 5.74) is 12.2. The van der Waals surface area contributed by atoms with Crippen LogP contribution >= 0.6 is 0 Å². The van der Waals surface area contributed by atoms with Crippen molar-refractivity contribution in [3.05, 3.63) is 156 Å². The maximum Gasteiger partial charge on any atom is 0.122 e. The second-order valence-corrected chi connectivity index (χ2v) is 13.1. The van der Waals surface area contributed by atoms with Crippen LogP contribution in [0.15, 0.2) is 140 Å². The number of hydrogen-bond donors (Lipinski definition) is 6. The van der Waals surface area contributed by atoms with Gasteiger partial charge in [-0.1, -0.05) is 45.0 Å². The van der Waals surface area contributed by atoms with Gasteiger partial charge in [-0.05, 0) is 144 Å². The lowest BCUT2D eigenvalue weighted by Gasteiger charge is -2.23. The number of para-hydroxylation sites is 1. The molecule has 0 spiro atoms. The van der Waals surface area contributed by atoms with Crippen LogP contribution in [0, 0.1) is 6.92 Å². The second kappa shape index (κ2) is 14.3. The van der Waals surface area contributed by atoms with Crippen LogP contribution < -0.4 is 26.6 Å². The topological polar surface area (TPSA) is 80.4 Å². The van der Waals surface area contributed by atoms with Gasteiger partial charge in [0.15, 0.2) is 0 Å². The van der Waals surface area contributed by atoms with E-state index in [-0.39, 0.29) is 5.41 Å². The van der Waals surface area contributed by atoms with Crippen LogP contribution in [0.25, 0.3) is 0 Å². The van der Waals surface area contributed by atoms with Gasteiger partial charge in [-0.3, -0.25) is 0 Å². The quantitative estimate of drug-likeness (QED) is 0.0852. The number of anilines is 9. The molecule has 0 fully saturated rings. The number of rotatable bonds is 11. The minimum atomic E-state index is -0.119. The molecule has 0 saturated carbocycles. The van der Waals surface area contributed by atoms with Gasteiger partial charge in [0.1, 0.15) is 5.75 Å². The number of hydrogen-bond acceptors (Lipinski definition) is 6. The SMILES string of the molecule is Cc1cc(CNc2ccc(Nc3ccc(Nc4ccc(Nc5ccc(Nc6ccccc6)cc5)cc4)cc3)cc2)cc(C(C)(C)C)c1O. The first kappa shape index (κ1) is 32.1. The largest absolute Gasteiger partial charge is 0.507 e. The summed E-state index contributed by atoms with van der Waals surface area (Å²) in [6.07, 6.45) is 0. The molecule has 0 aliphatic heterocycles. The van der Waals surface area contributed by atoms with Gasteiger partial charge >= 0.3 is 0 Å². The lowest BCUT2D eigenvalue weighted by molar-refractivity contribution is 0.442. The summed E-state index contributed by atoms with van der Waals surface area (Å²) in [7, 11) is 0. The number of aromatic hydroxyl groups is 1. The minimum absolute atomic E-state index is 0.119. The van der Waals surface area contributed by atoms with Gasteiger partial charge in [-0.2, -0.15) is 0 Å². The van der Waals surface area contributed by atoms with Crippen molar-refractivity contribution < 1.29 is 5.11 Å². The fourth-order valence-electron chi connectivity index (χ4n) is 5.50. The average molecular weight is 634 g/mol. The van der Waals surface area contributed by atoms with Gasteiger partial charge in [-0.25, -0.2) is 0 Å². The molecule has 0 amide bonds. The third-order valence-electron chi connectivity index (χ3n) is 8.13. The summed E-state index contributed by atoms with van der Waals surface area (Å²) in [5, 5.41) is 27.9. The van der Waals surface area contributed by atoms with Crippen LogP contribution in [0.2, 0.25) is 0 Å². The predicted molar refractivity (Wildman–Crippen MR) is 204 cm³/mol. The highest BCUT2D eigenvalue weighted by molar-refractivity contribution is 5.70. The van der Waals surface area contributed by atoms with Crippen LogP contribution in [-0.2, 0) is 12.0 Å². The molecule has 0 saturated heterocycles. The Kier molecular flexibility index (Phi) is 9.53. The van der Waals surface area contributed by atoms with Crippen LogP contribution in [-0.4, -0.2) is 5.11 Å². The maximum absolute atomic E-state index is 10.5. The van der Waals surface area contributed by atoms with Crippen LogP contribution in [0.4, 0.5) is 51.2 Å². The molecule has 0 radical (unpaired) electrons. The van der Waals surface area contributed by atoms with Gasteiger partial charge < -0.3 is 31.7 Å². The van der Waals surface area contributed by atoms with Gasteiger partial charge in [0, 0.05) is 57.7 Å². The van der Waals surface area contributed by atoms with E-state index < -0.39 is 0 Å². The predicted octanol–water partition coefficient (Wildman–Crippen LogP) is 11.6. The molecular weight excluding hydrogens is 590 g/mol. The average Bonchev–Trinajstić information content (AvgIpc) is 3.08. The number of benzene rings is 6. The van der Waals surface area contributed by atoms with Crippen molar-refractivity contribution in [3.8, 4) is 5.75 Å². The maximum atomic E-state index is 10.5. The summed E-state index contributed by atoms with van der Waals surface area (Å²) in [5.74, 6) is 0.392. The van der Waals surface area contributed by atoms with Crippen molar-refractivity contribution in [1.82, 2.24) is 0 Å². The van der Waals surface area contributed by atoms with E-state index in [1.807, 2.05) is 31.2 Å². The molecule has 6 aromatic rings. The van der Waals surface area contributed by atoms with E-state index in [0.29, 0.717) is 12.3 Å². The summed E-state index contributed by atoms with van der Waals surface area (Å²) in [6.45, 7) is 9.01. The van der Waals surface area contributed by atoms with E-state index in [4.69, 9.17) is 0 Å². The van der Waals surface area contributed by atoms with Crippen molar-refractivity contribution in [1.29, 1.82) is 0 Å². The molecule has 0 atom stereocenters. The number of nitrogens with one attached hydrogen (secondary N) is 5. The molecule has 6 aromatic carbocycles. The molecule has 6 heteroatoms. The van der Waals surface area contributed by atoms with E-state index in [2.05, 4.69) is 163 Å². The second-order valence-electron chi connectivity index (χ2n) is 13.1. The zero-order chi connectivity index (χ0) is 33.5. The molecule has 0 aliphatic rings. The fraction of sp³-hybridized carbons (Fsp3) is 0.143. The Morgan fingerprint density at radius 2 is 0.792 bits per heavy atom. The number of aryl methyl sites for hydroxylation is 1. The summed E-state index contributed by atoms with van der Waals surface area (Å²) in [4.78, 5) is 0. The Bertz CT molecular complexity index is 1930. The number of phenolic OH excluding ortho intramolecular Hbond substituents is 1. The minimum Gasteiger partial charge on any atom is -0.507 e. The molecule has 48 heavy (non-hydrogen) atoms.